The minimum absolute atomic E-state index is 0. The summed E-state index contributed by atoms with van der Waals surface area (Å²) in [5.41, 5.74) is 0.758. The van der Waals surface area contributed by atoms with E-state index in [1.807, 2.05) is 13.0 Å². The van der Waals surface area contributed by atoms with Gasteiger partial charge >= 0.3 is 11.1 Å². The molecule has 1 heterocycles. The number of aromatic amines is 2. The second kappa shape index (κ2) is 4.19. The Balaban J connectivity index is 0.000000980. The van der Waals surface area contributed by atoms with Crippen LogP contribution in [0.25, 0.3) is 11.0 Å². The summed E-state index contributed by atoms with van der Waals surface area (Å²) in [6.45, 7) is 1.86. The number of H-pyrrole nitrogens is 2. The predicted octanol–water partition coefficient (Wildman–Crippen LogP) is 0.323. The molecule has 0 atom stereocenters. The predicted molar refractivity (Wildman–Crippen MR) is 48.8 cm³/mol. The number of aromatic nitrogens is 2. The normalized spacial score (nSPS) is 9.79. The Kier molecular flexibility index (Phi) is 3.40. The first-order valence-corrected chi connectivity index (χ1v) is 3.82. The molecule has 2 aromatic rings. The van der Waals surface area contributed by atoms with Crippen molar-refractivity contribution in [3.05, 3.63) is 44.5 Å². The third-order valence-corrected chi connectivity index (χ3v) is 1.78. The molecular formula is C9H7N2O2Y-. The average molecular weight is 264 g/mol. The van der Waals surface area contributed by atoms with Crippen LogP contribution in [-0.4, -0.2) is 9.97 Å². The molecule has 0 saturated heterocycles. The molecule has 4 nitrogen and oxygen atoms in total. The van der Waals surface area contributed by atoms with E-state index in [1.165, 1.54) is 0 Å². The quantitative estimate of drug-likeness (QED) is 0.531. The van der Waals surface area contributed by atoms with Crippen LogP contribution in [0.5, 0.6) is 0 Å². The number of fused-ring (bicyclic) bond motifs is 1. The second-order valence-electron chi connectivity index (χ2n) is 2.84. The van der Waals surface area contributed by atoms with Gasteiger partial charge in [0.25, 0.3) is 0 Å². The first-order chi connectivity index (χ1) is 6.16. The summed E-state index contributed by atoms with van der Waals surface area (Å²) in [4.78, 5) is 26.7. The van der Waals surface area contributed by atoms with Crippen LogP contribution in [0.4, 0.5) is 0 Å². The zero-order chi connectivity index (χ0) is 9.42. The van der Waals surface area contributed by atoms with Crippen LogP contribution in [0.1, 0.15) is 5.56 Å². The number of hydrogen-bond donors (Lipinski definition) is 2. The maximum atomic E-state index is 10.9. The molecule has 2 rings (SSSR count). The fourth-order valence-electron chi connectivity index (χ4n) is 1.15. The van der Waals surface area contributed by atoms with Crippen LogP contribution in [0.2, 0.25) is 0 Å². The van der Waals surface area contributed by atoms with E-state index in [0.29, 0.717) is 11.0 Å². The molecule has 69 valence electrons. The van der Waals surface area contributed by atoms with Gasteiger partial charge in [-0.2, -0.15) is 17.7 Å². The van der Waals surface area contributed by atoms with Crippen molar-refractivity contribution in [2.45, 2.75) is 6.92 Å². The fourth-order valence-corrected chi connectivity index (χ4v) is 1.15. The topological polar surface area (TPSA) is 65.7 Å². The summed E-state index contributed by atoms with van der Waals surface area (Å²) >= 11 is 0. The SMILES string of the molecule is Cc1[c-]c2[nH]c(=O)c(=O)[nH]c2cc1.[Y]. The maximum absolute atomic E-state index is 10.9. The first kappa shape index (κ1) is 11.3. The van der Waals surface area contributed by atoms with Crippen LogP contribution in [-0.2, 0) is 32.7 Å². The molecule has 1 aromatic heterocycles. The van der Waals surface area contributed by atoms with Crippen molar-refractivity contribution in [3.63, 3.8) is 0 Å². The molecule has 1 aromatic carbocycles. The Labute approximate surface area is 105 Å². The molecule has 0 spiro atoms. The first-order valence-electron chi connectivity index (χ1n) is 3.82. The van der Waals surface area contributed by atoms with Crippen molar-refractivity contribution in [1.82, 2.24) is 9.97 Å². The van der Waals surface area contributed by atoms with Gasteiger partial charge in [0.1, 0.15) is 0 Å². The number of nitrogens with one attached hydrogen (secondary N) is 2. The van der Waals surface area contributed by atoms with Gasteiger partial charge < -0.3 is 9.97 Å². The van der Waals surface area contributed by atoms with Crippen LogP contribution in [0, 0.1) is 13.0 Å². The third kappa shape index (κ3) is 2.02. The average Bonchev–Trinajstić information content (AvgIpc) is 2.08. The monoisotopic (exact) mass is 264 g/mol. The molecule has 0 unspecified atom stereocenters. The van der Waals surface area contributed by atoms with Gasteiger partial charge in [0, 0.05) is 32.7 Å². The molecule has 0 bridgehead atoms. The number of aryl methyl sites for hydroxylation is 1. The third-order valence-electron chi connectivity index (χ3n) is 1.78. The fraction of sp³-hybridized carbons (Fsp3) is 0.111. The number of benzene rings is 1. The molecule has 5 heteroatoms. The van der Waals surface area contributed by atoms with Gasteiger partial charge in [-0.25, -0.2) is 0 Å². The minimum atomic E-state index is -0.644. The van der Waals surface area contributed by atoms with E-state index < -0.39 is 11.1 Å². The zero-order valence-corrected chi connectivity index (χ0v) is 10.4. The van der Waals surface area contributed by atoms with Crippen molar-refractivity contribution in [1.29, 1.82) is 0 Å². The van der Waals surface area contributed by atoms with Crippen LogP contribution >= 0.6 is 0 Å². The van der Waals surface area contributed by atoms with E-state index in [0.717, 1.165) is 5.56 Å². The molecule has 14 heavy (non-hydrogen) atoms. The van der Waals surface area contributed by atoms with Crippen molar-refractivity contribution < 1.29 is 32.7 Å². The van der Waals surface area contributed by atoms with Gasteiger partial charge in [0.05, 0.1) is 0 Å². The second-order valence-corrected chi connectivity index (χ2v) is 2.84. The Hall–Kier alpha value is -0.736. The summed E-state index contributed by atoms with van der Waals surface area (Å²) in [6.07, 6.45) is 0. The van der Waals surface area contributed by atoms with E-state index >= 15 is 0 Å². The Morgan fingerprint density at radius 3 is 2.50 bits per heavy atom. The smallest absolute Gasteiger partial charge is 0.311 e. The molecular weight excluding hydrogens is 257 g/mol. The molecule has 0 aliphatic rings. The van der Waals surface area contributed by atoms with Crippen LogP contribution in [0.15, 0.2) is 21.7 Å². The largest absolute Gasteiger partial charge is 0.369 e. The molecule has 1 radical (unpaired) electrons. The standard InChI is InChI=1S/C9H7N2O2.Y/c1-5-2-3-6-7(4-5)11-9(13)8(12)10-6;/h2-3H,1H3,(H,10,12)(H,11,13);/q-1;. The zero-order valence-electron chi connectivity index (χ0n) is 7.55. The van der Waals surface area contributed by atoms with Crippen molar-refractivity contribution in [2.75, 3.05) is 0 Å². The van der Waals surface area contributed by atoms with Crippen molar-refractivity contribution >= 4 is 11.0 Å². The van der Waals surface area contributed by atoms with Crippen molar-refractivity contribution in [3.8, 4) is 0 Å². The molecule has 0 fully saturated rings. The Bertz CT molecular complexity index is 571. The van der Waals surface area contributed by atoms with Crippen LogP contribution < -0.4 is 11.1 Å². The van der Waals surface area contributed by atoms with Gasteiger partial charge in [0.2, 0.25) is 0 Å². The van der Waals surface area contributed by atoms with E-state index in [4.69, 9.17) is 0 Å². The molecule has 0 aliphatic carbocycles. The van der Waals surface area contributed by atoms with Gasteiger partial charge in [-0.3, -0.25) is 9.59 Å². The molecule has 0 aliphatic heterocycles. The maximum Gasteiger partial charge on any atom is 0.311 e. The van der Waals surface area contributed by atoms with Gasteiger partial charge in [0.15, 0.2) is 0 Å². The van der Waals surface area contributed by atoms with E-state index in [9.17, 15) is 9.59 Å². The molecule has 2 N–H and O–H groups in total. The Morgan fingerprint density at radius 1 is 1.14 bits per heavy atom. The van der Waals surface area contributed by atoms with Gasteiger partial charge in [-0.15, -0.1) is 6.07 Å². The van der Waals surface area contributed by atoms with E-state index in [-0.39, 0.29) is 32.7 Å². The molecule has 0 amide bonds. The number of hydrogen-bond acceptors (Lipinski definition) is 2. The number of rotatable bonds is 0. The van der Waals surface area contributed by atoms with E-state index in [2.05, 4.69) is 16.0 Å². The summed E-state index contributed by atoms with van der Waals surface area (Å²) in [6, 6.07) is 6.48. The summed E-state index contributed by atoms with van der Waals surface area (Å²) < 4.78 is 0. The summed E-state index contributed by atoms with van der Waals surface area (Å²) in [5, 5.41) is 0. The minimum Gasteiger partial charge on any atom is -0.369 e. The van der Waals surface area contributed by atoms with Gasteiger partial charge in [-0.1, -0.05) is 6.92 Å². The molecule has 0 saturated carbocycles. The van der Waals surface area contributed by atoms with Crippen LogP contribution in [0.3, 0.4) is 0 Å². The Morgan fingerprint density at radius 2 is 1.79 bits per heavy atom. The van der Waals surface area contributed by atoms with Gasteiger partial charge in [-0.05, 0) is 11.0 Å². The summed E-state index contributed by atoms with van der Waals surface area (Å²) in [7, 11) is 0. The van der Waals surface area contributed by atoms with E-state index in [1.54, 1.807) is 6.07 Å². The van der Waals surface area contributed by atoms with Crippen molar-refractivity contribution in [2.24, 2.45) is 0 Å². The summed E-state index contributed by atoms with van der Waals surface area (Å²) in [5.74, 6) is 0.